The Morgan fingerprint density at radius 2 is 1.28 bits per heavy atom. The van der Waals surface area contributed by atoms with Gasteiger partial charge < -0.3 is 0 Å². The summed E-state index contributed by atoms with van der Waals surface area (Å²) in [6.07, 6.45) is 9.00. The highest BCUT2D eigenvalue weighted by atomic mass is 16.1. The van der Waals surface area contributed by atoms with Crippen molar-refractivity contribution in [3.05, 3.63) is 47.5 Å². The summed E-state index contributed by atoms with van der Waals surface area (Å²) >= 11 is 0. The molecule has 1 aliphatic carbocycles. The highest BCUT2D eigenvalue weighted by Crippen LogP contribution is 2.14. The minimum atomic E-state index is 0.136. The van der Waals surface area contributed by atoms with Gasteiger partial charge in [0, 0.05) is 24.0 Å². The number of hydrogen-bond acceptors (Lipinski definition) is 2. The lowest BCUT2D eigenvalue weighted by Crippen LogP contribution is -2.03. The van der Waals surface area contributed by atoms with Crippen LogP contribution in [-0.4, -0.2) is 11.6 Å². The average Bonchev–Trinajstić information content (AvgIpc) is 2.41. The molecule has 94 valence electrons. The SMILES string of the molecule is O=C1CCC/C=C/CCCC(=O)c2cccc1c2. The lowest BCUT2D eigenvalue weighted by atomic mass is 10.00. The smallest absolute Gasteiger partial charge is 0.162 e. The molecule has 0 saturated heterocycles. The summed E-state index contributed by atoms with van der Waals surface area (Å²) in [6.45, 7) is 0. The van der Waals surface area contributed by atoms with Gasteiger partial charge in [-0.2, -0.15) is 0 Å². The molecule has 0 aliphatic heterocycles. The number of rotatable bonds is 0. The van der Waals surface area contributed by atoms with E-state index >= 15 is 0 Å². The van der Waals surface area contributed by atoms with Gasteiger partial charge in [0.2, 0.25) is 0 Å². The second kappa shape index (κ2) is 6.29. The molecule has 18 heavy (non-hydrogen) atoms. The summed E-state index contributed by atoms with van der Waals surface area (Å²) in [7, 11) is 0. The van der Waals surface area contributed by atoms with E-state index in [0.717, 1.165) is 25.7 Å². The summed E-state index contributed by atoms with van der Waals surface area (Å²) < 4.78 is 0. The Hall–Kier alpha value is -1.70. The van der Waals surface area contributed by atoms with Crippen LogP contribution in [0.15, 0.2) is 36.4 Å². The topological polar surface area (TPSA) is 34.1 Å². The molecule has 0 aromatic heterocycles. The summed E-state index contributed by atoms with van der Waals surface area (Å²) in [5, 5.41) is 0. The van der Waals surface area contributed by atoms with Gasteiger partial charge >= 0.3 is 0 Å². The number of Topliss-reactive ketones (excluding diaryl/α,β-unsaturated/α-hetero) is 2. The zero-order chi connectivity index (χ0) is 12.8. The highest BCUT2D eigenvalue weighted by Gasteiger charge is 2.10. The Labute approximate surface area is 108 Å². The zero-order valence-electron chi connectivity index (χ0n) is 10.5. The summed E-state index contributed by atoms with van der Waals surface area (Å²) in [6, 6.07) is 7.15. The Kier molecular flexibility index (Phi) is 4.46. The van der Waals surface area contributed by atoms with Gasteiger partial charge in [-0.3, -0.25) is 9.59 Å². The fourth-order valence-corrected chi connectivity index (χ4v) is 2.15. The molecule has 2 heteroatoms. The first-order valence-electron chi connectivity index (χ1n) is 6.59. The van der Waals surface area contributed by atoms with Gasteiger partial charge in [0.1, 0.15) is 0 Å². The van der Waals surface area contributed by atoms with Crippen molar-refractivity contribution in [3.8, 4) is 0 Å². The lowest BCUT2D eigenvalue weighted by molar-refractivity contribution is 0.0979. The molecule has 0 saturated carbocycles. The van der Waals surface area contributed by atoms with Crippen LogP contribution >= 0.6 is 0 Å². The van der Waals surface area contributed by atoms with Crippen molar-refractivity contribution < 1.29 is 9.59 Å². The Balaban J connectivity index is 2.22. The van der Waals surface area contributed by atoms with Gasteiger partial charge in [-0.1, -0.05) is 30.4 Å². The van der Waals surface area contributed by atoms with Crippen molar-refractivity contribution in [1.82, 2.24) is 0 Å². The van der Waals surface area contributed by atoms with E-state index in [1.807, 2.05) is 0 Å². The molecule has 0 amide bonds. The molecular formula is C16H18O2. The van der Waals surface area contributed by atoms with Gasteiger partial charge in [-0.15, -0.1) is 0 Å². The first-order chi connectivity index (χ1) is 8.77. The fraction of sp³-hybridized carbons (Fsp3) is 0.375. The van der Waals surface area contributed by atoms with Gasteiger partial charge in [0.15, 0.2) is 11.6 Å². The predicted octanol–water partition coefficient (Wildman–Crippen LogP) is 3.96. The van der Waals surface area contributed by atoms with Crippen LogP contribution in [0.3, 0.4) is 0 Å². The van der Waals surface area contributed by atoms with Crippen molar-refractivity contribution in [2.75, 3.05) is 0 Å². The number of allylic oxidation sites excluding steroid dienone is 2. The zero-order valence-corrected chi connectivity index (χ0v) is 10.5. The van der Waals surface area contributed by atoms with Crippen molar-refractivity contribution in [2.45, 2.75) is 38.5 Å². The number of carbonyl (C=O) groups is 2. The van der Waals surface area contributed by atoms with Crippen LogP contribution in [0.1, 0.15) is 59.2 Å². The molecule has 0 spiro atoms. The van der Waals surface area contributed by atoms with E-state index in [9.17, 15) is 9.59 Å². The maximum Gasteiger partial charge on any atom is 0.162 e. The van der Waals surface area contributed by atoms with Crippen molar-refractivity contribution in [1.29, 1.82) is 0 Å². The lowest BCUT2D eigenvalue weighted by Gasteiger charge is -2.03. The monoisotopic (exact) mass is 242 g/mol. The number of hydrogen-bond donors (Lipinski definition) is 0. The first kappa shape index (κ1) is 12.7. The van der Waals surface area contributed by atoms with Crippen LogP contribution < -0.4 is 0 Å². The second-order valence-electron chi connectivity index (χ2n) is 4.68. The van der Waals surface area contributed by atoms with Crippen LogP contribution in [0.2, 0.25) is 0 Å². The number of ketones is 2. The molecule has 1 aromatic rings. The third-order valence-corrected chi connectivity index (χ3v) is 3.22. The molecule has 0 heterocycles. The fourth-order valence-electron chi connectivity index (χ4n) is 2.15. The van der Waals surface area contributed by atoms with Crippen LogP contribution in [0, 0.1) is 0 Å². The molecule has 2 rings (SSSR count). The predicted molar refractivity (Wildman–Crippen MR) is 71.9 cm³/mol. The van der Waals surface area contributed by atoms with E-state index in [1.165, 1.54) is 0 Å². The van der Waals surface area contributed by atoms with E-state index in [4.69, 9.17) is 0 Å². The molecule has 0 radical (unpaired) electrons. The molecule has 0 N–H and O–H groups in total. The van der Waals surface area contributed by atoms with Crippen LogP contribution in [-0.2, 0) is 0 Å². The van der Waals surface area contributed by atoms with Crippen molar-refractivity contribution in [3.63, 3.8) is 0 Å². The molecule has 0 atom stereocenters. The normalized spacial score (nSPS) is 19.6. The van der Waals surface area contributed by atoms with Crippen molar-refractivity contribution in [2.24, 2.45) is 0 Å². The summed E-state index contributed by atoms with van der Waals surface area (Å²) in [4.78, 5) is 23.9. The minimum absolute atomic E-state index is 0.136. The molecule has 2 bridgehead atoms. The van der Waals surface area contributed by atoms with Crippen LogP contribution in [0.4, 0.5) is 0 Å². The Bertz CT molecular complexity index is 432. The molecule has 1 aromatic carbocycles. The number of fused-ring (bicyclic) bond motifs is 2. The third kappa shape index (κ3) is 3.39. The van der Waals surface area contributed by atoms with Crippen molar-refractivity contribution >= 4 is 11.6 Å². The van der Waals surface area contributed by atoms with Gasteiger partial charge in [-0.25, -0.2) is 0 Å². The molecule has 1 aliphatic rings. The highest BCUT2D eigenvalue weighted by molar-refractivity contribution is 6.01. The number of benzene rings is 1. The molecular weight excluding hydrogens is 224 g/mol. The molecule has 0 unspecified atom stereocenters. The third-order valence-electron chi connectivity index (χ3n) is 3.22. The maximum absolute atomic E-state index is 12.0. The van der Waals surface area contributed by atoms with E-state index in [1.54, 1.807) is 24.3 Å². The first-order valence-corrected chi connectivity index (χ1v) is 6.59. The van der Waals surface area contributed by atoms with E-state index < -0.39 is 0 Å². The maximum atomic E-state index is 12.0. The average molecular weight is 242 g/mol. The van der Waals surface area contributed by atoms with Crippen LogP contribution in [0.25, 0.3) is 0 Å². The quantitative estimate of drug-likeness (QED) is 0.645. The van der Waals surface area contributed by atoms with Gasteiger partial charge in [0.05, 0.1) is 0 Å². The van der Waals surface area contributed by atoms with E-state index in [0.29, 0.717) is 24.0 Å². The van der Waals surface area contributed by atoms with E-state index in [2.05, 4.69) is 12.2 Å². The van der Waals surface area contributed by atoms with Gasteiger partial charge in [-0.05, 0) is 31.7 Å². The summed E-state index contributed by atoms with van der Waals surface area (Å²) in [5.74, 6) is 0.273. The van der Waals surface area contributed by atoms with E-state index in [-0.39, 0.29) is 11.6 Å². The number of carbonyl (C=O) groups excluding carboxylic acids is 2. The Morgan fingerprint density at radius 1 is 0.778 bits per heavy atom. The molecule has 2 nitrogen and oxygen atoms in total. The Morgan fingerprint density at radius 3 is 1.78 bits per heavy atom. The standard InChI is InChI=1S/C16H18O2/c17-15-10-5-3-1-2-4-6-11-16(18)14-9-7-8-13(15)12-14/h1-2,7-9,12H,3-6,10-11H2/b2-1+. The second-order valence-corrected chi connectivity index (χ2v) is 4.68. The minimum Gasteiger partial charge on any atom is -0.294 e. The largest absolute Gasteiger partial charge is 0.294 e. The molecule has 0 fully saturated rings. The van der Waals surface area contributed by atoms with Gasteiger partial charge in [0.25, 0.3) is 0 Å². The summed E-state index contributed by atoms with van der Waals surface area (Å²) in [5.41, 5.74) is 1.34. The van der Waals surface area contributed by atoms with Crippen LogP contribution in [0.5, 0.6) is 0 Å².